The standard InChI is InChI=1S/C32H36N4O4S/c1-19-4-7-27(40-16-22-6-5-21(11-20(22)2)13-35-9-8-34(3)28(37)15-35)23(10-19)26-17-41-31(33-26)36-14-25-29(30(38)39)24-12-32(24,25)18-36/h4-7,10-11,17,24-25,29H,8-9,12-16,18H2,1-3H3,(H,38,39). The van der Waals surface area contributed by atoms with Gasteiger partial charge in [0.1, 0.15) is 12.4 Å². The molecule has 1 aromatic heterocycles. The second kappa shape index (κ2) is 9.84. The number of anilines is 1. The van der Waals surface area contributed by atoms with Crippen LogP contribution in [0.25, 0.3) is 11.3 Å². The number of aliphatic carboxylic acids is 1. The number of hydrogen-bond acceptors (Lipinski definition) is 7. The fourth-order valence-electron chi connectivity index (χ4n) is 7.40. The molecule has 4 unspecified atom stereocenters. The van der Waals surface area contributed by atoms with Gasteiger partial charge in [0.2, 0.25) is 5.91 Å². The van der Waals surface area contributed by atoms with E-state index in [1.165, 1.54) is 11.1 Å². The molecule has 4 fully saturated rings. The summed E-state index contributed by atoms with van der Waals surface area (Å²) in [4.78, 5) is 35.1. The molecule has 2 aliphatic heterocycles. The van der Waals surface area contributed by atoms with Gasteiger partial charge in [-0.3, -0.25) is 14.5 Å². The lowest BCUT2D eigenvalue weighted by atomic mass is 9.66. The van der Waals surface area contributed by atoms with Gasteiger partial charge in [-0.15, -0.1) is 11.3 Å². The molecule has 4 atom stereocenters. The van der Waals surface area contributed by atoms with Gasteiger partial charge < -0.3 is 19.6 Å². The first kappa shape index (κ1) is 26.5. The number of hydrogen-bond donors (Lipinski definition) is 1. The second-order valence-corrected chi connectivity index (χ2v) is 13.3. The van der Waals surface area contributed by atoms with Crippen LogP contribution in [0.2, 0.25) is 0 Å². The van der Waals surface area contributed by atoms with Gasteiger partial charge in [0.25, 0.3) is 0 Å². The van der Waals surface area contributed by atoms with Crippen molar-refractivity contribution >= 4 is 28.3 Å². The fourth-order valence-corrected chi connectivity index (χ4v) is 8.24. The molecule has 1 amide bonds. The quantitative estimate of drug-likeness (QED) is 0.427. The van der Waals surface area contributed by atoms with Crippen LogP contribution in [-0.4, -0.2) is 71.5 Å². The highest BCUT2D eigenvalue weighted by molar-refractivity contribution is 7.14. The SMILES string of the molecule is Cc1ccc(OCc2ccc(CN3CCN(C)C(=O)C3)cc2C)c(-c2csc(N3CC4C(C(=O)O)C5CC45C3)n2)c1. The molecular formula is C32H36N4O4S. The van der Waals surface area contributed by atoms with Gasteiger partial charge in [0, 0.05) is 50.7 Å². The van der Waals surface area contributed by atoms with Gasteiger partial charge in [-0.05, 0) is 66.3 Å². The van der Waals surface area contributed by atoms with Gasteiger partial charge in [-0.2, -0.15) is 0 Å². The molecule has 1 N–H and O–H groups in total. The molecule has 2 saturated heterocycles. The molecule has 2 aliphatic carbocycles. The van der Waals surface area contributed by atoms with Crippen molar-refractivity contribution in [1.29, 1.82) is 0 Å². The van der Waals surface area contributed by atoms with Crippen molar-refractivity contribution in [3.05, 3.63) is 64.0 Å². The van der Waals surface area contributed by atoms with Crippen LogP contribution in [-0.2, 0) is 22.7 Å². The van der Waals surface area contributed by atoms with E-state index in [9.17, 15) is 14.7 Å². The Morgan fingerprint density at radius 2 is 2.02 bits per heavy atom. The Morgan fingerprint density at radius 1 is 1.17 bits per heavy atom. The number of likely N-dealkylation sites (N-methyl/N-ethyl adjacent to an activating group) is 1. The van der Waals surface area contributed by atoms with E-state index in [2.05, 4.69) is 59.4 Å². The molecule has 7 rings (SSSR count). The predicted molar refractivity (Wildman–Crippen MR) is 158 cm³/mol. The molecule has 3 heterocycles. The number of thiazole rings is 1. The molecule has 2 aromatic carbocycles. The lowest BCUT2D eigenvalue weighted by Crippen LogP contribution is -2.47. The molecule has 8 nitrogen and oxygen atoms in total. The number of piperazine rings is 1. The topological polar surface area (TPSA) is 86.2 Å². The van der Waals surface area contributed by atoms with E-state index < -0.39 is 5.97 Å². The Labute approximate surface area is 244 Å². The van der Waals surface area contributed by atoms with Crippen molar-refractivity contribution < 1.29 is 19.4 Å². The minimum Gasteiger partial charge on any atom is -0.488 e. The van der Waals surface area contributed by atoms with Gasteiger partial charge in [0.05, 0.1) is 18.2 Å². The maximum Gasteiger partial charge on any atom is 0.307 e. The number of carboxylic acids is 1. The summed E-state index contributed by atoms with van der Waals surface area (Å²) in [5.74, 6) is 0.793. The number of carbonyl (C=O) groups is 2. The Hall–Kier alpha value is -3.43. The maximum absolute atomic E-state index is 12.1. The van der Waals surface area contributed by atoms with Crippen LogP contribution in [0.4, 0.5) is 5.13 Å². The molecule has 2 saturated carbocycles. The lowest BCUT2D eigenvalue weighted by molar-refractivity contribution is -0.150. The maximum atomic E-state index is 12.1. The third-order valence-corrected chi connectivity index (χ3v) is 10.8. The number of carboxylic acid groups (broad SMARTS) is 1. The summed E-state index contributed by atoms with van der Waals surface area (Å²) in [7, 11) is 1.86. The lowest BCUT2D eigenvalue weighted by Gasteiger charge is -2.35. The van der Waals surface area contributed by atoms with E-state index in [0.717, 1.165) is 72.4 Å². The highest BCUT2D eigenvalue weighted by atomic mass is 32.1. The van der Waals surface area contributed by atoms with Crippen molar-refractivity contribution in [2.75, 3.05) is 44.7 Å². The molecule has 0 bridgehead atoms. The Kier molecular flexibility index (Phi) is 6.35. The third-order valence-electron chi connectivity index (χ3n) is 9.88. The van der Waals surface area contributed by atoms with Crippen LogP contribution in [0.5, 0.6) is 5.75 Å². The highest BCUT2D eigenvalue weighted by Crippen LogP contribution is 2.76. The fraction of sp³-hybridized carbons (Fsp3) is 0.469. The van der Waals surface area contributed by atoms with Crippen LogP contribution < -0.4 is 9.64 Å². The molecular weight excluding hydrogens is 536 g/mol. The summed E-state index contributed by atoms with van der Waals surface area (Å²) in [5.41, 5.74) is 6.76. The Morgan fingerprint density at radius 3 is 2.80 bits per heavy atom. The van der Waals surface area contributed by atoms with E-state index in [4.69, 9.17) is 9.72 Å². The van der Waals surface area contributed by atoms with Crippen LogP contribution in [0.1, 0.15) is 28.7 Å². The van der Waals surface area contributed by atoms with E-state index >= 15 is 0 Å². The largest absolute Gasteiger partial charge is 0.488 e. The smallest absolute Gasteiger partial charge is 0.307 e. The van der Waals surface area contributed by atoms with Crippen molar-refractivity contribution in [3.63, 3.8) is 0 Å². The van der Waals surface area contributed by atoms with Crippen molar-refractivity contribution in [3.8, 4) is 17.0 Å². The molecule has 9 heteroatoms. The molecule has 3 aromatic rings. The van der Waals surface area contributed by atoms with Crippen molar-refractivity contribution in [2.45, 2.75) is 33.4 Å². The van der Waals surface area contributed by atoms with Crippen LogP contribution in [0.15, 0.2) is 41.8 Å². The number of aryl methyl sites for hydroxylation is 2. The Bertz CT molecular complexity index is 1540. The second-order valence-electron chi connectivity index (χ2n) is 12.5. The number of rotatable bonds is 8. The summed E-state index contributed by atoms with van der Waals surface area (Å²) in [5, 5.41) is 12.7. The highest BCUT2D eigenvalue weighted by Gasteiger charge is 2.78. The number of carbonyl (C=O) groups excluding carboxylic acids is 1. The zero-order valence-corrected chi connectivity index (χ0v) is 24.6. The minimum atomic E-state index is -0.632. The number of amides is 1. The van der Waals surface area contributed by atoms with E-state index in [-0.39, 0.29) is 23.2 Å². The van der Waals surface area contributed by atoms with Crippen LogP contribution in [0.3, 0.4) is 0 Å². The first-order chi connectivity index (χ1) is 19.7. The zero-order chi connectivity index (χ0) is 28.5. The molecule has 4 aliphatic rings. The minimum absolute atomic E-state index is 0.176. The van der Waals surface area contributed by atoms with Crippen LogP contribution in [0, 0.1) is 37.0 Å². The summed E-state index contributed by atoms with van der Waals surface area (Å²) in [6, 6.07) is 12.7. The van der Waals surface area contributed by atoms with E-state index in [1.807, 2.05) is 13.1 Å². The average molecular weight is 573 g/mol. The number of aromatic nitrogens is 1. The molecule has 0 radical (unpaired) electrons. The van der Waals surface area contributed by atoms with Gasteiger partial charge >= 0.3 is 5.97 Å². The van der Waals surface area contributed by atoms with Crippen LogP contribution >= 0.6 is 11.3 Å². The van der Waals surface area contributed by atoms with Gasteiger partial charge in [-0.25, -0.2) is 4.98 Å². The van der Waals surface area contributed by atoms with Crippen molar-refractivity contribution in [2.24, 2.45) is 23.2 Å². The summed E-state index contributed by atoms with van der Waals surface area (Å²) >= 11 is 1.63. The Balaban J connectivity index is 1.03. The summed E-state index contributed by atoms with van der Waals surface area (Å²) in [6.07, 6.45) is 1.05. The first-order valence-electron chi connectivity index (χ1n) is 14.4. The molecule has 1 spiro atoms. The number of nitrogens with zero attached hydrogens (tertiary/aromatic N) is 4. The number of benzene rings is 2. The summed E-state index contributed by atoms with van der Waals surface area (Å²) in [6.45, 7) is 9.27. The van der Waals surface area contributed by atoms with Crippen molar-refractivity contribution in [1.82, 2.24) is 14.8 Å². The normalized spacial score (nSPS) is 26.9. The van der Waals surface area contributed by atoms with Gasteiger partial charge in [0.15, 0.2) is 5.13 Å². The average Bonchev–Trinajstić information content (AvgIpc) is 3.20. The van der Waals surface area contributed by atoms with E-state index in [0.29, 0.717) is 19.1 Å². The van der Waals surface area contributed by atoms with E-state index in [1.54, 1.807) is 16.2 Å². The third kappa shape index (κ3) is 4.59. The first-order valence-corrected chi connectivity index (χ1v) is 15.3. The zero-order valence-electron chi connectivity index (χ0n) is 23.8. The summed E-state index contributed by atoms with van der Waals surface area (Å²) < 4.78 is 6.40. The predicted octanol–water partition coefficient (Wildman–Crippen LogP) is 4.44. The number of ether oxygens (including phenoxy) is 1. The monoisotopic (exact) mass is 572 g/mol. The molecule has 41 heavy (non-hydrogen) atoms. The molecule has 214 valence electrons. The van der Waals surface area contributed by atoms with Gasteiger partial charge in [-0.1, -0.05) is 29.8 Å².